The zero-order valence-electron chi connectivity index (χ0n) is 13.6. The van der Waals surface area contributed by atoms with Gasteiger partial charge in [0.15, 0.2) is 4.80 Å². The van der Waals surface area contributed by atoms with Gasteiger partial charge in [0.2, 0.25) is 11.8 Å². The highest BCUT2D eigenvalue weighted by Crippen LogP contribution is 2.24. The lowest BCUT2D eigenvalue weighted by atomic mass is 10.1. The van der Waals surface area contributed by atoms with Crippen LogP contribution < -0.4 is 20.1 Å². The molecule has 1 aliphatic heterocycles. The molecule has 128 valence electrons. The summed E-state index contributed by atoms with van der Waals surface area (Å²) < 4.78 is 6.32. The second kappa shape index (κ2) is 6.48. The normalized spacial score (nSPS) is 14.6. The lowest BCUT2D eigenvalue weighted by molar-refractivity contribution is -0.114. The third-order valence-electron chi connectivity index (χ3n) is 3.53. The van der Waals surface area contributed by atoms with Crippen LogP contribution in [0.4, 0.5) is 0 Å². The first-order valence-electron chi connectivity index (χ1n) is 7.50. The summed E-state index contributed by atoms with van der Waals surface area (Å²) in [6.07, 6.45) is 3.08. The minimum Gasteiger partial charge on any atom is -0.494 e. The molecule has 1 aromatic heterocycles. The molecule has 1 amide bonds. The third-order valence-corrected chi connectivity index (χ3v) is 4.43. The smallest absolute Gasteiger partial charge is 0.277 e. The highest BCUT2D eigenvalue weighted by molar-refractivity contribution is 7.10. The summed E-state index contributed by atoms with van der Waals surface area (Å²) in [5, 5.41) is 19.1. The molecule has 2 aromatic rings. The minimum atomic E-state index is -0.473. The highest BCUT2D eigenvalue weighted by atomic mass is 32.1. The van der Waals surface area contributed by atoms with Gasteiger partial charge >= 0.3 is 0 Å². The number of fused-ring (bicyclic) bond motifs is 1. The average Bonchev–Trinajstić information content (AvgIpc) is 2.82. The molecule has 0 atom stereocenters. The number of benzene rings is 1. The molecule has 0 fully saturated rings. The summed E-state index contributed by atoms with van der Waals surface area (Å²) in [6, 6.07) is 5.23. The van der Waals surface area contributed by atoms with Gasteiger partial charge in [0.05, 0.1) is 16.8 Å². The first-order valence-corrected chi connectivity index (χ1v) is 8.32. The Hall–Kier alpha value is -3.00. The maximum atomic E-state index is 12.2. The first-order chi connectivity index (χ1) is 11.9. The van der Waals surface area contributed by atoms with Gasteiger partial charge in [-0.15, -0.1) is 0 Å². The van der Waals surface area contributed by atoms with Crippen molar-refractivity contribution in [3.8, 4) is 11.6 Å². The van der Waals surface area contributed by atoms with E-state index >= 15 is 0 Å². The Morgan fingerprint density at radius 3 is 2.88 bits per heavy atom. The average molecular weight is 357 g/mol. The number of carbonyl (C=O) groups is 2. The fraction of sp³-hybridized carbons (Fsp3) is 0.176. The highest BCUT2D eigenvalue weighted by Gasteiger charge is 2.17. The lowest BCUT2D eigenvalue weighted by Crippen LogP contribution is -2.30. The zero-order chi connectivity index (χ0) is 18.1. The van der Waals surface area contributed by atoms with E-state index < -0.39 is 11.8 Å². The van der Waals surface area contributed by atoms with Crippen LogP contribution in [0.5, 0.6) is 11.6 Å². The van der Waals surface area contributed by atoms with Crippen LogP contribution in [0.15, 0.2) is 28.8 Å². The van der Waals surface area contributed by atoms with E-state index in [1.165, 1.54) is 13.0 Å². The number of hydrogen-bond acceptors (Lipinski definition) is 6. The number of amides is 1. The van der Waals surface area contributed by atoms with Crippen LogP contribution in [-0.2, 0) is 4.79 Å². The molecular formula is C17H15N3O4S. The molecule has 1 aliphatic rings. The van der Waals surface area contributed by atoms with Crippen molar-refractivity contribution < 1.29 is 19.4 Å². The van der Waals surface area contributed by atoms with E-state index in [-0.39, 0.29) is 21.1 Å². The summed E-state index contributed by atoms with van der Waals surface area (Å²) in [5.74, 6) is -0.614. The minimum absolute atomic E-state index is 0.115. The monoisotopic (exact) mass is 357 g/mol. The first kappa shape index (κ1) is 16.8. The molecule has 0 unspecified atom stereocenters. The number of nitrogens with one attached hydrogen (secondary N) is 1. The SMILES string of the molecule is CCOc1ccc2c(c1)=C/C(=C\c1sc(=N)n(C(C)=O)c1O)C(=O)N=2. The van der Waals surface area contributed by atoms with Gasteiger partial charge < -0.3 is 9.84 Å². The number of nitrogens with zero attached hydrogens (tertiary/aromatic N) is 2. The summed E-state index contributed by atoms with van der Waals surface area (Å²) in [6.45, 7) is 3.66. The molecule has 25 heavy (non-hydrogen) atoms. The molecule has 2 N–H and O–H groups in total. The van der Waals surface area contributed by atoms with Crippen molar-refractivity contribution in [1.29, 1.82) is 5.41 Å². The lowest BCUT2D eigenvalue weighted by Gasteiger charge is -2.06. The predicted octanol–water partition coefficient (Wildman–Crippen LogP) is 0.817. The van der Waals surface area contributed by atoms with Crippen LogP contribution >= 0.6 is 11.3 Å². The molecule has 8 heteroatoms. The van der Waals surface area contributed by atoms with E-state index in [4.69, 9.17) is 10.1 Å². The largest absolute Gasteiger partial charge is 0.494 e. The Labute approximate surface area is 146 Å². The molecule has 0 radical (unpaired) electrons. The van der Waals surface area contributed by atoms with Crippen molar-refractivity contribution in [3.63, 3.8) is 0 Å². The van der Waals surface area contributed by atoms with E-state index in [1.807, 2.05) is 6.92 Å². The molecule has 0 saturated heterocycles. The molecule has 0 aliphatic carbocycles. The Morgan fingerprint density at radius 2 is 2.24 bits per heavy atom. The van der Waals surface area contributed by atoms with Crippen LogP contribution in [0, 0.1) is 5.41 Å². The molecule has 0 spiro atoms. The number of carbonyl (C=O) groups excluding carboxylic acids is 2. The van der Waals surface area contributed by atoms with Gasteiger partial charge in [-0.2, -0.15) is 0 Å². The number of ether oxygens (including phenoxy) is 1. The van der Waals surface area contributed by atoms with Gasteiger partial charge in [-0.3, -0.25) is 15.0 Å². The van der Waals surface area contributed by atoms with E-state index in [0.717, 1.165) is 21.1 Å². The van der Waals surface area contributed by atoms with Crippen molar-refractivity contribution in [2.24, 2.45) is 4.99 Å². The Morgan fingerprint density at radius 1 is 1.48 bits per heavy atom. The van der Waals surface area contributed by atoms with Crippen molar-refractivity contribution in [1.82, 2.24) is 4.57 Å². The number of thiazole rings is 1. The summed E-state index contributed by atoms with van der Waals surface area (Å²) in [5.41, 5.74) is 0.258. The van der Waals surface area contributed by atoms with Crippen molar-refractivity contribution in [2.45, 2.75) is 13.8 Å². The summed E-state index contributed by atoms with van der Waals surface area (Å²) in [7, 11) is 0. The van der Waals surface area contributed by atoms with Crippen LogP contribution in [0.1, 0.15) is 23.5 Å². The third kappa shape index (κ3) is 3.16. The van der Waals surface area contributed by atoms with Crippen LogP contribution in [0.2, 0.25) is 0 Å². The maximum absolute atomic E-state index is 12.2. The van der Waals surface area contributed by atoms with E-state index in [9.17, 15) is 14.7 Å². The second-order valence-electron chi connectivity index (χ2n) is 5.26. The predicted molar refractivity (Wildman–Crippen MR) is 92.0 cm³/mol. The van der Waals surface area contributed by atoms with Crippen LogP contribution in [-0.4, -0.2) is 28.1 Å². The molecule has 3 rings (SSSR count). The quantitative estimate of drug-likeness (QED) is 0.793. The van der Waals surface area contributed by atoms with Gasteiger partial charge in [-0.1, -0.05) is 11.3 Å². The van der Waals surface area contributed by atoms with E-state index in [0.29, 0.717) is 17.7 Å². The molecule has 0 bridgehead atoms. The molecule has 7 nitrogen and oxygen atoms in total. The maximum Gasteiger partial charge on any atom is 0.277 e. The standard InChI is InChI=1S/C17H15N3O4S/c1-3-24-12-4-5-13-10(7-12)6-11(15(22)19-13)8-14-16(23)20(9(2)21)17(18)25-14/h4-8,18,23H,3H2,1-2H3/b11-8+,18-17?. The fourth-order valence-corrected chi connectivity index (χ4v) is 3.33. The molecule has 2 heterocycles. The molecular weight excluding hydrogens is 342 g/mol. The van der Waals surface area contributed by atoms with Gasteiger partial charge in [-0.25, -0.2) is 9.56 Å². The van der Waals surface area contributed by atoms with Gasteiger partial charge in [0, 0.05) is 17.7 Å². The van der Waals surface area contributed by atoms with Crippen molar-refractivity contribution in [2.75, 3.05) is 6.61 Å². The number of rotatable bonds is 3. The summed E-state index contributed by atoms with van der Waals surface area (Å²) in [4.78, 5) is 27.9. The second-order valence-corrected chi connectivity index (χ2v) is 6.29. The summed E-state index contributed by atoms with van der Waals surface area (Å²) >= 11 is 0.901. The van der Waals surface area contributed by atoms with Crippen LogP contribution in [0.25, 0.3) is 12.2 Å². The van der Waals surface area contributed by atoms with Crippen LogP contribution in [0.3, 0.4) is 0 Å². The zero-order valence-corrected chi connectivity index (χ0v) is 14.4. The van der Waals surface area contributed by atoms with Gasteiger partial charge in [0.25, 0.3) is 5.91 Å². The Bertz CT molecular complexity index is 1090. The van der Waals surface area contributed by atoms with E-state index in [1.54, 1.807) is 24.3 Å². The van der Waals surface area contributed by atoms with Gasteiger partial charge in [0.1, 0.15) is 5.75 Å². The Kier molecular flexibility index (Phi) is 4.37. The van der Waals surface area contributed by atoms with Gasteiger partial charge in [-0.05, 0) is 37.3 Å². The number of aromatic nitrogens is 1. The molecule has 0 saturated carbocycles. The molecule has 1 aromatic carbocycles. The Balaban J connectivity index is 2.12. The number of aromatic hydroxyl groups is 1. The topological polar surface area (TPSA) is 105 Å². The van der Waals surface area contributed by atoms with E-state index in [2.05, 4.69) is 4.99 Å². The van der Waals surface area contributed by atoms with Crippen molar-refractivity contribution in [3.05, 3.63) is 44.0 Å². The fourth-order valence-electron chi connectivity index (χ4n) is 2.44. The number of hydrogen-bond donors (Lipinski definition) is 2. The van der Waals surface area contributed by atoms with Crippen molar-refractivity contribution >= 4 is 35.3 Å².